The molecular weight excluding hydrogens is 264 g/mol. The van der Waals surface area contributed by atoms with E-state index in [1.807, 2.05) is 36.4 Å². The molecule has 0 aliphatic heterocycles. The van der Waals surface area contributed by atoms with Crippen LogP contribution in [-0.2, 0) is 0 Å². The first-order valence-electron chi connectivity index (χ1n) is 6.73. The van der Waals surface area contributed by atoms with Gasteiger partial charge in [0.1, 0.15) is 6.61 Å². The molecular formula is C18H18O3. The van der Waals surface area contributed by atoms with E-state index in [0.29, 0.717) is 11.5 Å². The molecule has 2 aromatic rings. The van der Waals surface area contributed by atoms with Crippen molar-refractivity contribution in [2.24, 2.45) is 0 Å². The Bertz CT molecular complexity index is 637. The predicted octanol–water partition coefficient (Wildman–Crippen LogP) is 3.18. The normalized spacial score (nSPS) is 11.2. The lowest BCUT2D eigenvalue weighted by Gasteiger charge is -2.11. The van der Waals surface area contributed by atoms with E-state index in [-0.39, 0.29) is 6.61 Å². The Morgan fingerprint density at radius 1 is 1.10 bits per heavy atom. The van der Waals surface area contributed by atoms with E-state index < -0.39 is 6.10 Å². The van der Waals surface area contributed by atoms with Crippen molar-refractivity contribution in [3.63, 3.8) is 0 Å². The van der Waals surface area contributed by atoms with Crippen LogP contribution in [0.3, 0.4) is 0 Å². The molecule has 0 aromatic heterocycles. The molecule has 0 heterocycles. The average molecular weight is 282 g/mol. The predicted molar refractivity (Wildman–Crippen MR) is 82.4 cm³/mol. The fraction of sp³-hybridized carbons (Fsp3) is 0.222. The summed E-state index contributed by atoms with van der Waals surface area (Å²) in [6.45, 7) is 1.99. The van der Waals surface area contributed by atoms with Crippen LogP contribution in [0.15, 0.2) is 48.5 Å². The van der Waals surface area contributed by atoms with Crippen LogP contribution >= 0.6 is 0 Å². The van der Waals surface area contributed by atoms with Crippen molar-refractivity contribution >= 4 is 0 Å². The van der Waals surface area contributed by atoms with Gasteiger partial charge in [-0.05, 0) is 36.8 Å². The number of aliphatic hydroxyl groups is 1. The minimum atomic E-state index is -0.536. The third kappa shape index (κ3) is 4.27. The van der Waals surface area contributed by atoms with Crippen LogP contribution < -0.4 is 9.47 Å². The SMILES string of the molecule is COc1cc(C(C)O)ccc1OCC#Cc1ccccc1. The van der Waals surface area contributed by atoms with E-state index in [9.17, 15) is 5.11 Å². The molecule has 21 heavy (non-hydrogen) atoms. The van der Waals surface area contributed by atoms with Gasteiger partial charge in [0, 0.05) is 5.56 Å². The van der Waals surface area contributed by atoms with Crippen molar-refractivity contribution in [3.8, 4) is 23.3 Å². The molecule has 0 amide bonds. The van der Waals surface area contributed by atoms with Gasteiger partial charge in [0.15, 0.2) is 11.5 Å². The molecule has 3 nitrogen and oxygen atoms in total. The zero-order valence-corrected chi connectivity index (χ0v) is 12.2. The largest absolute Gasteiger partial charge is 0.493 e. The van der Waals surface area contributed by atoms with Crippen LogP contribution in [0.25, 0.3) is 0 Å². The minimum absolute atomic E-state index is 0.277. The highest BCUT2D eigenvalue weighted by molar-refractivity contribution is 5.44. The summed E-state index contributed by atoms with van der Waals surface area (Å²) in [5.41, 5.74) is 1.74. The molecule has 0 radical (unpaired) electrons. The van der Waals surface area contributed by atoms with Crippen molar-refractivity contribution in [1.82, 2.24) is 0 Å². The molecule has 0 spiro atoms. The third-order valence-corrected chi connectivity index (χ3v) is 2.98. The Morgan fingerprint density at radius 2 is 1.86 bits per heavy atom. The summed E-state index contributed by atoms with van der Waals surface area (Å²) in [7, 11) is 1.57. The highest BCUT2D eigenvalue weighted by Gasteiger charge is 2.08. The molecule has 1 atom stereocenters. The molecule has 1 N–H and O–H groups in total. The molecule has 0 aliphatic rings. The van der Waals surface area contributed by atoms with Crippen LogP contribution in [0.4, 0.5) is 0 Å². The van der Waals surface area contributed by atoms with Crippen molar-refractivity contribution in [2.45, 2.75) is 13.0 Å². The monoisotopic (exact) mass is 282 g/mol. The zero-order valence-electron chi connectivity index (χ0n) is 12.2. The smallest absolute Gasteiger partial charge is 0.162 e. The number of hydrogen-bond acceptors (Lipinski definition) is 3. The Kier molecular flexibility index (Phi) is 5.25. The summed E-state index contributed by atoms with van der Waals surface area (Å²) in [6, 6.07) is 15.1. The Hall–Kier alpha value is -2.44. The van der Waals surface area contributed by atoms with E-state index in [0.717, 1.165) is 11.1 Å². The first-order valence-corrected chi connectivity index (χ1v) is 6.73. The lowest BCUT2D eigenvalue weighted by molar-refractivity contribution is 0.198. The maximum atomic E-state index is 9.56. The summed E-state index contributed by atoms with van der Waals surface area (Å²) >= 11 is 0. The molecule has 108 valence electrons. The highest BCUT2D eigenvalue weighted by atomic mass is 16.5. The quantitative estimate of drug-likeness (QED) is 0.875. The number of ether oxygens (including phenoxy) is 2. The van der Waals surface area contributed by atoms with E-state index in [4.69, 9.17) is 9.47 Å². The van der Waals surface area contributed by atoms with Gasteiger partial charge < -0.3 is 14.6 Å². The maximum absolute atomic E-state index is 9.56. The van der Waals surface area contributed by atoms with Crippen molar-refractivity contribution in [3.05, 3.63) is 59.7 Å². The number of benzene rings is 2. The molecule has 0 bridgehead atoms. The second-order valence-electron chi connectivity index (χ2n) is 4.54. The van der Waals surface area contributed by atoms with Crippen LogP contribution in [0.2, 0.25) is 0 Å². The number of hydrogen-bond donors (Lipinski definition) is 1. The van der Waals surface area contributed by atoms with Gasteiger partial charge in [-0.25, -0.2) is 0 Å². The molecule has 0 saturated carbocycles. The number of rotatable bonds is 4. The van der Waals surface area contributed by atoms with Crippen LogP contribution in [-0.4, -0.2) is 18.8 Å². The number of aliphatic hydroxyl groups excluding tert-OH is 1. The molecule has 2 aromatic carbocycles. The fourth-order valence-corrected chi connectivity index (χ4v) is 1.84. The molecule has 1 unspecified atom stereocenters. The van der Waals surface area contributed by atoms with Gasteiger partial charge in [0.25, 0.3) is 0 Å². The first-order chi connectivity index (χ1) is 10.2. The van der Waals surface area contributed by atoms with Gasteiger partial charge in [0.05, 0.1) is 13.2 Å². The van der Waals surface area contributed by atoms with Gasteiger partial charge in [-0.2, -0.15) is 0 Å². The molecule has 0 saturated heterocycles. The second-order valence-corrected chi connectivity index (χ2v) is 4.54. The van der Waals surface area contributed by atoms with Crippen molar-refractivity contribution < 1.29 is 14.6 Å². The van der Waals surface area contributed by atoms with Crippen molar-refractivity contribution in [2.75, 3.05) is 13.7 Å². The summed E-state index contributed by atoms with van der Waals surface area (Å²) in [4.78, 5) is 0. The van der Waals surface area contributed by atoms with Gasteiger partial charge in [-0.3, -0.25) is 0 Å². The fourth-order valence-electron chi connectivity index (χ4n) is 1.84. The second kappa shape index (κ2) is 7.37. The van der Waals surface area contributed by atoms with Gasteiger partial charge >= 0.3 is 0 Å². The number of methoxy groups -OCH3 is 1. The average Bonchev–Trinajstić information content (AvgIpc) is 2.52. The third-order valence-electron chi connectivity index (χ3n) is 2.98. The Morgan fingerprint density at radius 3 is 2.52 bits per heavy atom. The Labute approximate surface area is 125 Å². The summed E-state index contributed by atoms with van der Waals surface area (Å²) in [5, 5.41) is 9.56. The van der Waals surface area contributed by atoms with E-state index in [1.165, 1.54) is 0 Å². The first kappa shape index (κ1) is 15.0. The van der Waals surface area contributed by atoms with Gasteiger partial charge in [-0.1, -0.05) is 36.1 Å². The lowest BCUT2D eigenvalue weighted by Crippen LogP contribution is -1.99. The topological polar surface area (TPSA) is 38.7 Å². The van der Waals surface area contributed by atoms with Gasteiger partial charge in [-0.15, -0.1) is 0 Å². The summed E-state index contributed by atoms with van der Waals surface area (Å²) in [6.07, 6.45) is -0.536. The van der Waals surface area contributed by atoms with E-state index >= 15 is 0 Å². The summed E-state index contributed by atoms with van der Waals surface area (Å²) in [5.74, 6) is 7.20. The van der Waals surface area contributed by atoms with E-state index in [2.05, 4.69) is 11.8 Å². The summed E-state index contributed by atoms with van der Waals surface area (Å²) < 4.78 is 10.9. The van der Waals surface area contributed by atoms with Crippen LogP contribution in [0.5, 0.6) is 11.5 Å². The lowest BCUT2D eigenvalue weighted by atomic mass is 10.1. The van der Waals surface area contributed by atoms with E-state index in [1.54, 1.807) is 26.2 Å². The molecule has 0 aliphatic carbocycles. The van der Waals surface area contributed by atoms with Crippen LogP contribution in [0.1, 0.15) is 24.2 Å². The van der Waals surface area contributed by atoms with Gasteiger partial charge in [0.2, 0.25) is 0 Å². The minimum Gasteiger partial charge on any atom is -0.493 e. The standard InChI is InChI=1S/C18H18O3/c1-14(19)16-10-11-17(18(13-16)20-2)21-12-6-9-15-7-4-3-5-8-15/h3-5,7-8,10-11,13-14,19H,12H2,1-2H3. The molecule has 3 heteroatoms. The maximum Gasteiger partial charge on any atom is 0.162 e. The molecule has 2 rings (SSSR count). The molecule has 0 fully saturated rings. The van der Waals surface area contributed by atoms with Crippen molar-refractivity contribution in [1.29, 1.82) is 0 Å². The van der Waals surface area contributed by atoms with Crippen LogP contribution in [0, 0.1) is 11.8 Å². The Balaban J connectivity index is 2.02. The zero-order chi connectivity index (χ0) is 15.1. The highest BCUT2D eigenvalue weighted by Crippen LogP contribution is 2.30.